The first-order valence-electron chi connectivity index (χ1n) is 7.66. The standard InChI is InChI=1S/C18H19N3O3S/c1-3-19-18(25)21-20-12-13-9-10-15(16(11-13)23-2)24-17(22)14-7-5-4-6-8-14/h4-12H,3H2,1-2H3,(H2,19,21,25). The Morgan fingerprint density at radius 3 is 2.64 bits per heavy atom. The van der Waals surface area contributed by atoms with Gasteiger partial charge >= 0.3 is 5.97 Å². The van der Waals surface area contributed by atoms with E-state index in [1.165, 1.54) is 7.11 Å². The van der Waals surface area contributed by atoms with E-state index >= 15 is 0 Å². The molecular formula is C18H19N3O3S. The first-order chi connectivity index (χ1) is 12.1. The molecule has 6 nitrogen and oxygen atoms in total. The Bertz CT molecular complexity index is 763. The molecule has 0 radical (unpaired) electrons. The van der Waals surface area contributed by atoms with E-state index in [1.54, 1.807) is 48.7 Å². The van der Waals surface area contributed by atoms with Crippen LogP contribution >= 0.6 is 12.2 Å². The monoisotopic (exact) mass is 357 g/mol. The van der Waals surface area contributed by atoms with Crippen molar-refractivity contribution in [3.63, 3.8) is 0 Å². The Balaban J connectivity index is 2.07. The fraction of sp³-hybridized carbons (Fsp3) is 0.167. The summed E-state index contributed by atoms with van der Waals surface area (Å²) in [7, 11) is 1.51. The topological polar surface area (TPSA) is 72.0 Å². The lowest BCUT2D eigenvalue weighted by Crippen LogP contribution is -2.31. The number of carbonyl (C=O) groups excluding carboxylic acids is 1. The van der Waals surface area contributed by atoms with Crippen molar-refractivity contribution in [2.75, 3.05) is 13.7 Å². The van der Waals surface area contributed by atoms with Crippen LogP contribution in [0.5, 0.6) is 11.5 Å². The third-order valence-corrected chi connectivity index (χ3v) is 3.35. The summed E-state index contributed by atoms with van der Waals surface area (Å²) in [6, 6.07) is 13.9. The Labute approximate surface area is 151 Å². The molecule has 2 rings (SSSR count). The molecule has 0 atom stereocenters. The zero-order chi connectivity index (χ0) is 18.1. The van der Waals surface area contributed by atoms with Crippen LogP contribution in [0.15, 0.2) is 53.6 Å². The zero-order valence-electron chi connectivity index (χ0n) is 14.0. The second-order valence-electron chi connectivity index (χ2n) is 4.90. The number of esters is 1. The average molecular weight is 357 g/mol. The summed E-state index contributed by atoms with van der Waals surface area (Å²) < 4.78 is 10.7. The van der Waals surface area contributed by atoms with E-state index in [2.05, 4.69) is 15.8 Å². The maximum absolute atomic E-state index is 12.1. The molecule has 0 spiro atoms. The predicted molar refractivity (Wildman–Crippen MR) is 101 cm³/mol. The smallest absolute Gasteiger partial charge is 0.343 e. The molecule has 0 bridgehead atoms. The summed E-state index contributed by atoms with van der Waals surface area (Å²) in [5, 5.41) is 7.40. The highest BCUT2D eigenvalue weighted by molar-refractivity contribution is 7.80. The molecule has 0 heterocycles. The van der Waals surface area contributed by atoms with Gasteiger partial charge in [0.2, 0.25) is 0 Å². The second-order valence-corrected chi connectivity index (χ2v) is 5.30. The minimum Gasteiger partial charge on any atom is -0.493 e. The highest BCUT2D eigenvalue weighted by atomic mass is 32.1. The van der Waals surface area contributed by atoms with Crippen LogP contribution < -0.4 is 20.2 Å². The molecule has 2 aromatic carbocycles. The van der Waals surface area contributed by atoms with Crippen molar-refractivity contribution >= 4 is 29.5 Å². The van der Waals surface area contributed by atoms with E-state index in [1.807, 2.05) is 13.0 Å². The second kappa shape index (κ2) is 9.39. The number of hydrazone groups is 1. The lowest BCUT2D eigenvalue weighted by atomic mass is 10.2. The molecule has 0 aliphatic carbocycles. The van der Waals surface area contributed by atoms with Crippen molar-refractivity contribution in [1.82, 2.24) is 10.7 Å². The minimum absolute atomic E-state index is 0.338. The molecule has 7 heteroatoms. The van der Waals surface area contributed by atoms with E-state index < -0.39 is 5.97 Å². The number of hydrogen-bond acceptors (Lipinski definition) is 5. The van der Waals surface area contributed by atoms with Crippen molar-refractivity contribution < 1.29 is 14.3 Å². The van der Waals surface area contributed by atoms with E-state index in [9.17, 15) is 4.79 Å². The molecule has 0 unspecified atom stereocenters. The molecule has 25 heavy (non-hydrogen) atoms. The molecule has 2 N–H and O–H groups in total. The molecule has 0 fully saturated rings. The summed E-state index contributed by atoms with van der Waals surface area (Å²) in [6.07, 6.45) is 1.59. The van der Waals surface area contributed by atoms with Gasteiger partial charge in [0.05, 0.1) is 18.9 Å². The van der Waals surface area contributed by atoms with Gasteiger partial charge in [-0.2, -0.15) is 5.10 Å². The number of rotatable bonds is 6. The van der Waals surface area contributed by atoms with E-state index in [0.29, 0.717) is 22.2 Å². The highest BCUT2D eigenvalue weighted by Gasteiger charge is 2.12. The van der Waals surface area contributed by atoms with Gasteiger partial charge in [0, 0.05) is 6.54 Å². The molecular weight excluding hydrogens is 338 g/mol. The number of thiocarbonyl (C=S) groups is 1. The van der Waals surface area contributed by atoms with Crippen molar-refractivity contribution in [1.29, 1.82) is 0 Å². The molecule has 0 aliphatic heterocycles. The van der Waals surface area contributed by atoms with Crippen molar-refractivity contribution in [2.24, 2.45) is 5.10 Å². The van der Waals surface area contributed by atoms with Crippen LogP contribution in [0.25, 0.3) is 0 Å². The SMILES string of the molecule is CCNC(=S)NN=Cc1ccc(OC(=O)c2ccccc2)c(OC)c1. The van der Waals surface area contributed by atoms with E-state index in [0.717, 1.165) is 12.1 Å². The van der Waals surface area contributed by atoms with Crippen LogP contribution in [-0.4, -0.2) is 31.0 Å². The Morgan fingerprint density at radius 1 is 1.20 bits per heavy atom. The molecule has 0 aliphatic rings. The van der Waals surface area contributed by atoms with Gasteiger partial charge in [-0.3, -0.25) is 5.43 Å². The highest BCUT2D eigenvalue weighted by Crippen LogP contribution is 2.28. The maximum Gasteiger partial charge on any atom is 0.343 e. The number of carbonyl (C=O) groups is 1. The van der Waals surface area contributed by atoms with Crippen LogP contribution in [0.1, 0.15) is 22.8 Å². The predicted octanol–water partition coefficient (Wildman–Crippen LogP) is 2.73. The van der Waals surface area contributed by atoms with Gasteiger partial charge in [0.25, 0.3) is 0 Å². The van der Waals surface area contributed by atoms with Gasteiger partial charge in [-0.25, -0.2) is 4.79 Å². The summed E-state index contributed by atoms with van der Waals surface area (Å²) >= 11 is 5.01. The van der Waals surface area contributed by atoms with Crippen LogP contribution in [-0.2, 0) is 0 Å². The average Bonchev–Trinajstić information content (AvgIpc) is 2.63. The fourth-order valence-corrected chi connectivity index (χ4v) is 2.14. The number of methoxy groups -OCH3 is 1. The molecule has 0 saturated heterocycles. The summed E-state index contributed by atoms with van der Waals surface area (Å²) in [5.41, 5.74) is 3.94. The van der Waals surface area contributed by atoms with Crippen LogP contribution in [0.4, 0.5) is 0 Å². The lowest BCUT2D eigenvalue weighted by Gasteiger charge is -2.10. The third-order valence-electron chi connectivity index (χ3n) is 3.12. The van der Waals surface area contributed by atoms with E-state index in [-0.39, 0.29) is 0 Å². The molecule has 0 saturated carbocycles. The number of nitrogens with zero attached hydrogens (tertiary/aromatic N) is 1. The van der Waals surface area contributed by atoms with Gasteiger partial charge in [-0.15, -0.1) is 0 Å². The number of benzene rings is 2. The van der Waals surface area contributed by atoms with Gasteiger partial charge in [0.1, 0.15) is 0 Å². The lowest BCUT2D eigenvalue weighted by molar-refractivity contribution is 0.0729. The first-order valence-corrected chi connectivity index (χ1v) is 8.07. The minimum atomic E-state index is -0.446. The van der Waals surface area contributed by atoms with Crippen molar-refractivity contribution in [3.05, 3.63) is 59.7 Å². The van der Waals surface area contributed by atoms with Crippen molar-refractivity contribution in [2.45, 2.75) is 6.92 Å². The Morgan fingerprint density at radius 2 is 1.96 bits per heavy atom. The maximum atomic E-state index is 12.1. The largest absolute Gasteiger partial charge is 0.493 e. The third kappa shape index (κ3) is 5.58. The first kappa shape index (κ1) is 18.4. The van der Waals surface area contributed by atoms with Gasteiger partial charge < -0.3 is 14.8 Å². The van der Waals surface area contributed by atoms with Crippen molar-refractivity contribution in [3.8, 4) is 11.5 Å². The number of nitrogens with one attached hydrogen (secondary N) is 2. The van der Waals surface area contributed by atoms with Crippen LogP contribution in [0, 0.1) is 0 Å². The number of ether oxygens (including phenoxy) is 2. The molecule has 2 aromatic rings. The molecule has 0 amide bonds. The molecule has 0 aromatic heterocycles. The fourth-order valence-electron chi connectivity index (χ4n) is 1.95. The zero-order valence-corrected chi connectivity index (χ0v) is 14.8. The summed E-state index contributed by atoms with van der Waals surface area (Å²) in [6.45, 7) is 2.66. The molecule has 130 valence electrons. The van der Waals surface area contributed by atoms with Crippen LogP contribution in [0.3, 0.4) is 0 Å². The van der Waals surface area contributed by atoms with Gasteiger partial charge in [0.15, 0.2) is 16.6 Å². The quantitative estimate of drug-likeness (QED) is 0.272. The summed E-state index contributed by atoms with van der Waals surface area (Å²) in [4.78, 5) is 12.1. The number of hydrogen-bond donors (Lipinski definition) is 2. The Hall–Kier alpha value is -2.93. The summed E-state index contributed by atoms with van der Waals surface area (Å²) in [5.74, 6) is 0.324. The van der Waals surface area contributed by atoms with Gasteiger partial charge in [-0.1, -0.05) is 18.2 Å². The van der Waals surface area contributed by atoms with E-state index in [4.69, 9.17) is 21.7 Å². The van der Waals surface area contributed by atoms with Gasteiger partial charge in [-0.05, 0) is 55.0 Å². The Kier molecular flexibility index (Phi) is 6.91. The van der Waals surface area contributed by atoms with Crippen LogP contribution in [0.2, 0.25) is 0 Å². The normalized spacial score (nSPS) is 10.3.